The number of benzene rings is 2. The maximum Gasteiger partial charge on any atom is 0.237 e. The third-order valence-electron chi connectivity index (χ3n) is 3.01. The summed E-state index contributed by atoms with van der Waals surface area (Å²) in [6.45, 7) is 4.18. The molecular weight excluding hydrogens is 320 g/mol. The van der Waals surface area contributed by atoms with Gasteiger partial charge < -0.3 is 10.1 Å². The molecule has 0 fully saturated rings. The van der Waals surface area contributed by atoms with Gasteiger partial charge in [0.15, 0.2) is 11.6 Å². The van der Waals surface area contributed by atoms with Crippen LogP contribution in [0.1, 0.15) is 13.8 Å². The Labute approximate surface area is 138 Å². The first kappa shape index (κ1) is 17.3. The number of carbonyl (C=O) groups is 1. The minimum Gasteiger partial charge on any atom is -0.494 e. The van der Waals surface area contributed by atoms with Crippen molar-refractivity contribution in [3.63, 3.8) is 0 Å². The zero-order chi connectivity index (χ0) is 16.8. The fraction of sp³-hybridized carbons (Fsp3) is 0.235. The molecule has 1 unspecified atom stereocenters. The Morgan fingerprint density at radius 2 is 1.87 bits per heavy atom. The lowest BCUT2D eigenvalue weighted by molar-refractivity contribution is -0.115. The molecular formula is C17H17F2NO2S. The van der Waals surface area contributed by atoms with E-state index in [2.05, 4.69) is 5.32 Å². The van der Waals surface area contributed by atoms with Crippen LogP contribution in [0.25, 0.3) is 0 Å². The quantitative estimate of drug-likeness (QED) is 0.790. The van der Waals surface area contributed by atoms with E-state index in [0.717, 1.165) is 29.6 Å². The molecule has 23 heavy (non-hydrogen) atoms. The van der Waals surface area contributed by atoms with Crippen LogP contribution in [0, 0.1) is 11.6 Å². The Bertz CT molecular complexity index is 677. The molecule has 0 heterocycles. The Kier molecular flexibility index (Phi) is 5.98. The number of hydrogen-bond donors (Lipinski definition) is 1. The van der Waals surface area contributed by atoms with Crippen LogP contribution in [-0.4, -0.2) is 17.8 Å². The van der Waals surface area contributed by atoms with Crippen LogP contribution in [0.4, 0.5) is 14.5 Å². The summed E-state index contributed by atoms with van der Waals surface area (Å²) in [5.41, 5.74) is 0.649. The van der Waals surface area contributed by atoms with Crippen LogP contribution in [-0.2, 0) is 4.79 Å². The maximum atomic E-state index is 13.2. The number of carbonyl (C=O) groups excluding carboxylic acids is 1. The fourth-order valence-electron chi connectivity index (χ4n) is 1.85. The first-order valence-corrected chi connectivity index (χ1v) is 8.03. The summed E-state index contributed by atoms with van der Waals surface area (Å²) in [4.78, 5) is 12.6. The highest BCUT2D eigenvalue weighted by Crippen LogP contribution is 2.26. The molecule has 0 spiro atoms. The van der Waals surface area contributed by atoms with Crippen LogP contribution >= 0.6 is 11.8 Å². The van der Waals surface area contributed by atoms with Crippen LogP contribution in [0.5, 0.6) is 5.75 Å². The summed E-state index contributed by atoms with van der Waals surface area (Å²) in [6.07, 6.45) is 0. The largest absolute Gasteiger partial charge is 0.494 e. The Balaban J connectivity index is 1.95. The van der Waals surface area contributed by atoms with Gasteiger partial charge in [-0.1, -0.05) is 0 Å². The van der Waals surface area contributed by atoms with E-state index >= 15 is 0 Å². The molecule has 0 aliphatic carbocycles. The van der Waals surface area contributed by atoms with Crippen molar-refractivity contribution in [3.8, 4) is 5.75 Å². The van der Waals surface area contributed by atoms with Crippen LogP contribution in [0.2, 0.25) is 0 Å². The van der Waals surface area contributed by atoms with Crippen molar-refractivity contribution in [3.05, 3.63) is 54.1 Å². The van der Waals surface area contributed by atoms with Crippen molar-refractivity contribution in [2.24, 2.45) is 0 Å². The number of nitrogens with one attached hydrogen (secondary N) is 1. The molecule has 3 nitrogen and oxygen atoms in total. The van der Waals surface area contributed by atoms with Gasteiger partial charge in [0, 0.05) is 10.6 Å². The molecule has 0 saturated carbocycles. The first-order chi connectivity index (χ1) is 11.0. The molecule has 2 rings (SSSR count). The molecule has 2 aromatic carbocycles. The summed E-state index contributed by atoms with van der Waals surface area (Å²) in [5.74, 6) is -1.31. The highest BCUT2D eigenvalue weighted by molar-refractivity contribution is 8.00. The molecule has 1 amide bonds. The number of ether oxygens (including phenoxy) is 1. The average molecular weight is 337 g/mol. The molecule has 2 aromatic rings. The third kappa shape index (κ3) is 4.96. The van der Waals surface area contributed by atoms with E-state index in [1.807, 2.05) is 6.92 Å². The predicted molar refractivity (Wildman–Crippen MR) is 87.9 cm³/mol. The van der Waals surface area contributed by atoms with Gasteiger partial charge in [-0.2, -0.15) is 0 Å². The van der Waals surface area contributed by atoms with Crippen molar-refractivity contribution in [1.29, 1.82) is 0 Å². The standard InChI is InChI=1S/C17H17F2NO2S/c1-3-22-13-6-4-12(5-7-13)20-17(21)11(2)23-14-8-9-15(18)16(19)10-14/h4-11H,3H2,1-2H3,(H,20,21). The van der Waals surface area contributed by atoms with Gasteiger partial charge in [0.1, 0.15) is 5.75 Å². The van der Waals surface area contributed by atoms with Crippen molar-refractivity contribution in [1.82, 2.24) is 0 Å². The molecule has 0 aliphatic heterocycles. The Morgan fingerprint density at radius 3 is 2.48 bits per heavy atom. The molecule has 1 atom stereocenters. The number of hydrogen-bond acceptors (Lipinski definition) is 3. The van der Waals surface area contributed by atoms with Crippen LogP contribution < -0.4 is 10.1 Å². The SMILES string of the molecule is CCOc1ccc(NC(=O)C(C)Sc2ccc(F)c(F)c2)cc1. The van der Waals surface area contributed by atoms with E-state index in [4.69, 9.17) is 4.74 Å². The number of rotatable bonds is 6. The summed E-state index contributed by atoms with van der Waals surface area (Å²) in [7, 11) is 0. The van der Waals surface area contributed by atoms with Crippen molar-refractivity contribution in [2.75, 3.05) is 11.9 Å². The van der Waals surface area contributed by atoms with Gasteiger partial charge in [-0.15, -0.1) is 11.8 Å². The predicted octanol–water partition coefficient (Wildman–Crippen LogP) is 4.48. The second-order valence-electron chi connectivity index (χ2n) is 4.78. The summed E-state index contributed by atoms with van der Waals surface area (Å²) in [6, 6.07) is 10.6. The average Bonchev–Trinajstić information content (AvgIpc) is 2.53. The molecule has 0 aromatic heterocycles. The normalized spacial score (nSPS) is 11.8. The molecule has 6 heteroatoms. The third-order valence-corrected chi connectivity index (χ3v) is 4.10. The Morgan fingerprint density at radius 1 is 1.17 bits per heavy atom. The highest BCUT2D eigenvalue weighted by Gasteiger charge is 2.15. The molecule has 1 N–H and O–H groups in total. The van der Waals surface area contributed by atoms with Crippen molar-refractivity contribution < 1.29 is 18.3 Å². The zero-order valence-electron chi connectivity index (χ0n) is 12.8. The lowest BCUT2D eigenvalue weighted by atomic mass is 10.3. The van der Waals surface area contributed by atoms with Gasteiger partial charge in [-0.25, -0.2) is 8.78 Å². The van der Waals surface area contributed by atoms with Crippen LogP contribution in [0.15, 0.2) is 47.4 Å². The van der Waals surface area contributed by atoms with Crippen molar-refractivity contribution >= 4 is 23.4 Å². The number of halogens is 2. The monoisotopic (exact) mass is 337 g/mol. The molecule has 122 valence electrons. The second kappa shape index (κ2) is 7.97. The van der Waals surface area contributed by atoms with E-state index < -0.39 is 16.9 Å². The summed E-state index contributed by atoms with van der Waals surface area (Å²) >= 11 is 1.16. The summed E-state index contributed by atoms with van der Waals surface area (Å²) < 4.78 is 31.4. The van der Waals surface area contributed by atoms with Gasteiger partial charge in [0.25, 0.3) is 0 Å². The fourth-order valence-corrected chi connectivity index (χ4v) is 2.75. The summed E-state index contributed by atoms with van der Waals surface area (Å²) in [5, 5.41) is 2.32. The van der Waals surface area contributed by atoms with Gasteiger partial charge in [-0.05, 0) is 56.3 Å². The molecule has 0 aliphatic rings. The number of thioether (sulfide) groups is 1. The van der Waals surface area contributed by atoms with Gasteiger partial charge in [0.2, 0.25) is 5.91 Å². The topological polar surface area (TPSA) is 38.3 Å². The number of anilines is 1. The smallest absolute Gasteiger partial charge is 0.237 e. The van der Waals surface area contributed by atoms with Gasteiger partial charge in [0.05, 0.1) is 11.9 Å². The molecule has 0 radical (unpaired) electrons. The maximum absolute atomic E-state index is 13.2. The van der Waals surface area contributed by atoms with Gasteiger partial charge in [-0.3, -0.25) is 4.79 Å². The highest BCUT2D eigenvalue weighted by atomic mass is 32.2. The van der Waals surface area contributed by atoms with Gasteiger partial charge >= 0.3 is 0 Å². The lowest BCUT2D eigenvalue weighted by Gasteiger charge is -2.12. The van der Waals surface area contributed by atoms with E-state index in [9.17, 15) is 13.6 Å². The van der Waals surface area contributed by atoms with E-state index in [-0.39, 0.29) is 5.91 Å². The van der Waals surface area contributed by atoms with E-state index in [0.29, 0.717) is 17.2 Å². The van der Waals surface area contributed by atoms with Crippen LogP contribution in [0.3, 0.4) is 0 Å². The number of amides is 1. The molecule has 0 saturated heterocycles. The van der Waals surface area contributed by atoms with E-state index in [1.165, 1.54) is 6.07 Å². The van der Waals surface area contributed by atoms with Crippen molar-refractivity contribution in [2.45, 2.75) is 24.0 Å². The molecule has 0 bridgehead atoms. The zero-order valence-corrected chi connectivity index (χ0v) is 13.6. The second-order valence-corrected chi connectivity index (χ2v) is 6.20. The first-order valence-electron chi connectivity index (χ1n) is 7.15. The van der Waals surface area contributed by atoms with E-state index in [1.54, 1.807) is 31.2 Å². The minimum atomic E-state index is -0.922. The Hall–Kier alpha value is -2.08. The lowest BCUT2D eigenvalue weighted by Crippen LogP contribution is -2.22. The minimum absolute atomic E-state index is 0.219.